The molecule has 0 bridgehead atoms. The van der Waals surface area contributed by atoms with Crippen molar-refractivity contribution in [3.63, 3.8) is 0 Å². The molecule has 1 unspecified atom stereocenters. The molecule has 11 nitrogen and oxygen atoms in total. The Hall–Kier alpha value is -3.47. The Balaban J connectivity index is 2.03. The number of carboxylic acid groups (broad SMARTS) is 1. The van der Waals surface area contributed by atoms with E-state index in [9.17, 15) is 28.8 Å². The van der Waals surface area contributed by atoms with Crippen LogP contribution in [0.3, 0.4) is 0 Å². The minimum Gasteiger partial charge on any atom is -0.481 e. The average Bonchev–Trinajstić information content (AvgIpc) is 3.28. The Labute approximate surface area is 213 Å². The van der Waals surface area contributed by atoms with E-state index < -0.39 is 53.7 Å². The Morgan fingerprint density at radius 2 is 1.86 bits per heavy atom. The molecule has 0 radical (unpaired) electrons. The second kappa shape index (κ2) is 12.0. The first-order valence-corrected chi connectivity index (χ1v) is 11.8. The molecule has 0 spiro atoms. The molecule has 196 valence electrons. The zero-order valence-electron chi connectivity index (χ0n) is 20.6. The van der Waals surface area contributed by atoms with E-state index in [0.717, 1.165) is 0 Å². The summed E-state index contributed by atoms with van der Waals surface area (Å²) in [7, 11) is 0. The van der Waals surface area contributed by atoms with Crippen molar-refractivity contribution in [2.45, 2.75) is 65.1 Å². The van der Waals surface area contributed by atoms with Crippen LogP contribution in [0.2, 0.25) is 5.02 Å². The van der Waals surface area contributed by atoms with Crippen LogP contribution < -0.4 is 16.0 Å². The van der Waals surface area contributed by atoms with Crippen molar-refractivity contribution in [3.05, 3.63) is 28.8 Å². The van der Waals surface area contributed by atoms with Crippen LogP contribution in [0.25, 0.3) is 0 Å². The molecule has 36 heavy (non-hydrogen) atoms. The van der Waals surface area contributed by atoms with Gasteiger partial charge in [0.25, 0.3) is 5.91 Å². The lowest BCUT2D eigenvalue weighted by Gasteiger charge is -2.28. The fourth-order valence-corrected chi connectivity index (χ4v) is 3.79. The number of carbonyl (C=O) groups excluding carboxylic acids is 5. The lowest BCUT2D eigenvalue weighted by molar-refractivity contribution is -0.141. The quantitative estimate of drug-likeness (QED) is 0.358. The summed E-state index contributed by atoms with van der Waals surface area (Å²) in [6.07, 6.45) is 0.644. The average molecular weight is 523 g/mol. The molecular formula is C24H31ClN4O7. The van der Waals surface area contributed by atoms with Gasteiger partial charge >= 0.3 is 5.97 Å². The van der Waals surface area contributed by atoms with Gasteiger partial charge in [-0.1, -0.05) is 32.4 Å². The molecule has 0 saturated carbocycles. The maximum absolute atomic E-state index is 13.0. The van der Waals surface area contributed by atoms with E-state index in [1.54, 1.807) is 20.8 Å². The van der Waals surface area contributed by atoms with Crippen LogP contribution in [-0.4, -0.2) is 70.6 Å². The van der Waals surface area contributed by atoms with Crippen molar-refractivity contribution in [1.29, 1.82) is 0 Å². The molecule has 1 fully saturated rings. The normalized spacial score (nSPS) is 17.0. The van der Waals surface area contributed by atoms with Crippen LogP contribution in [0.4, 0.5) is 5.69 Å². The fourth-order valence-electron chi connectivity index (χ4n) is 3.56. The molecule has 0 aliphatic carbocycles. The molecule has 4 amide bonds. The van der Waals surface area contributed by atoms with Crippen molar-refractivity contribution in [3.8, 4) is 0 Å². The van der Waals surface area contributed by atoms with Gasteiger partial charge in [-0.2, -0.15) is 0 Å². The highest BCUT2D eigenvalue weighted by Crippen LogP contribution is 2.26. The smallest absolute Gasteiger partial charge is 0.305 e. The highest BCUT2D eigenvalue weighted by molar-refractivity contribution is 6.34. The number of carbonyl (C=O) groups is 6. The monoisotopic (exact) mass is 522 g/mol. The minimum atomic E-state index is -1.24. The van der Waals surface area contributed by atoms with Gasteiger partial charge in [-0.3, -0.25) is 24.0 Å². The first kappa shape index (κ1) is 28.8. The number of carboxylic acids is 1. The zero-order chi connectivity index (χ0) is 27.2. The predicted molar refractivity (Wildman–Crippen MR) is 131 cm³/mol. The highest BCUT2D eigenvalue weighted by Gasteiger charge is 2.37. The number of benzene rings is 1. The molecule has 1 heterocycles. The molecule has 1 saturated heterocycles. The van der Waals surface area contributed by atoms with Gasteiger partial charge in [0.15, 0.2) is 0 Å². The van der Waals surface area contributed by atoms with Crippen LogP contribution in [0.5, 0.6) is 0 Å². The molecule has 1 aliphatic rings. The predicted octanol–water partition coefficient (Wildman–Crippen LogP) is 1.59. The van der Waals surface area contributed by atoms with Crippen LogP contribution in [-0.2, 0) is 24.0 Å². The summed E-state index contributed by atoms with van der Waals surface area (Å²) in [5.74, 6) is -3.19. The maximum atomic E-state index is 13.0. The van der Waals surface area contributed by atoms with Crippen molar-refractivity contribution in [2.75, 3.05) is 11.9 Å². The zero-order valence-corrected chi connectivity index (χ0v) is 21.3. The van der Waals surface area contributed by atoms with Crippen molar-refractivity contribution >= 4 is 53.2 Å². The number of anilines is 1. The third kappa shape index (κ3) is 7.51. The van der Waals surface area contributed by atoms with Gasteiger partial charge < -0.3 is 30.8 Å². The van der Waals surface area contributed by atoms with Crippen molar-refractivity contribution in [1.82, 2.24) is 15.5 Å². The number of nitrogens with one attached hydrogen (secondary N) is 3. The third-order valence-corrected chi connectivity index (χ3v) is 5.92. The number of nitrogens with zero attached hydrogens (tertiary/aromatic N) is 1. The van der Waals surface area contributed by atoms with Gasteiger partial charge in [-0.15, -0.1) is 0 Å². The van der Waals surface area contributed by atoms with E-state index in [2.05, 4.69) is 16.0 Å². The molecular weight excluding hydrogens is 492 g/mol. The first-order chi connectivity index (χ1) is 16.7. The number of rotatable bonds is 9. The van der Waals surface area contributed by atoms with Gasteiger partial charge in [0.1, 0.15) is 18.4 Å². The summed E-state index contributed by atoms with van der Waals surface area (Å²) in [4.78, 5) is 73.7. The Bertz CT molecular complexity index is 1050. The van der Waals surface area contributed by atoms with Crippen LogP contribution in [0, 0.1) is 5.41 Å². The summed E-state index contributed by atoms with van der Waals surface area (Å²) in [6.45, 7) is 7.01. The second-order valence-electron chi connectivity index (χ2n) is 9.63. The van der Waals surface area contributed by atoms with Crippen molar-refractivity contribution in [2.24, 2.45) is 5.41 Å². The SMILES string of the molecule is C[C@H](NC(=O)c1ccc(NC(=O)C(C)(C)C)c(Cl)c1)C(=O)N1CCC[C@H]1C(=O)NC(C=O)CC(=O)O. The highest BCUT2D eigenvalue weighted by atomic mass is 35.5. The third-order valence-electron chi connectivity index (χ3n) is 5.60. The lowest BCUT2D eigenvalue weighted by Crippen LogP contribution is -2.54. The molecule has 0 aromatic heterocycles. The van der Waals surface area contributed by atoms with E-state index in [4.69, 9.17) is 16.7 Å². The second-order valence-corrected chi connectivity index (χ2v) is 10.0. The largest absolute Gasteiger partial charge is 0.481 e. The number of amides is 4. The van der Waals surface area contributed by atoms with Gasteiger partial charge in [0, 0.05) is 17.5 Å². The summed E-state index contributed by atoms with van der Waals surface area (Å²) in [6, 6.07) is 1.27. The summed E-state index contributed by atoms with van der Waals surface area (Å²) in [5.41, 5.74) is -0.115. The molecule has 12 heteroatoms. The van der Waals surface area contributed by atoms with E-state index in [-0.39, 0.29) is 23.0 Å². The molecule has 3 atom stereocenters. The molecule has 1 aromatic carbocycles. The number of aliphatic carboxylic acids is 1. The van der Waals surface area contributed by atoms with Gasteiger partial charge in [0.2, 0.25) is 17.7 Å². The number of halogens is 1. The molecule has 2 rings (SSSR count). The van der Waals surface area contributed by atoms with E-state index in [1.807, 2.05) is 0 Å². The van der Waals surface area contributed by atoms with Crippen LogP contribution >= 0.6 is 11.6 Å². The van der Waals surface area contributed by atoms with Gasteiger partial charge in [-0.25, -0.2) is 0 Å². The van der Waals surface area contributed by atoms with Crippen LogP contribution in [0.1, 0.15) is 57.3 Å². The van der Waals surface area contributed by atoms with Crippen molar-refractivity contribution < 1.29 is 33.9 Å². The molecule has 1 aromatic rings. The van der Waals surface area contributed by atoms with E-state index >= 15 is 0 Å². The topological polar surface area (TPSA) is 162 Å². The molecule has 1 aliphatic heterocycles. The summed E-state index contributed by atoms with van der Waals surface area (Å²) >= 11 is 6.23. The molecule has 4 N–H and O–H groups in total. The fraction of sp³-hybridized carbons (Fsp3) is 0.500. The lowest BCUT2D eigenvalue weighted by atomic mass is 9.95. The number of hydrogen-bond donors (Lipinski definition) is 4. The summed E-state index contributed by atoms with van der Waals surface area (Å²) < 4.78 is 0. The van der Waals surface area contributed by atoms with Crippen LogP contribution in [0.15, 0.2) is 18.2 Å². The Morgan fingerprint density at radius 1 is 1.19 bits per heavy atom. The maximum Gasteiger partial charge on any atom is 0.305 e. The van der Waals surface area contributed by atoms with Gasteiger partial charge in [0.05, 0.1) is 23.2 Å². The van der Waals surface area contributed by atoms with E-state index in [1.165, 1.54) is 30.0 Å². The number of aldehydes is 1. The van der Waals surface area contributed by atoms with Gasteiger partial charge in [-0.05, 0) is 38.0 Å². The first-order valence-electron chi connectivity index (χ1n) is 11.4. The van der Waals surface area contributed by atoms with E-state index in [0.29, 0.717) is 24.8 Å². The summed E-state index contributed by atoms with van der Waals surface area (Å²) in [5, 5.41) is 16.6. The Morgan fingerprint density at radius 3 is 2.42 bits per heavy atom. The number of likely N-dealkylation sites (tertiary alicyclic amines) is 1. The minimum absolute atomic E-state index is 0.154. The standard InChI is InChI=1S/C24H31ClN4O7/c1-13(22(35)29-9-5-6-18(29)21(34)27-15(12-30)11-19(31)32)26-20(33)14-7-8-17(16(25)10-14)28-23(36)24(2,3)4/h7-8,10,12-13,15,18H,5-6,9,11H2,1-4H3,(H,26,33)(H,27,34)(H,28,36)(H,31,32)/t13-,15?,18-/m0/s1. The Kier molecular flexibility index (Phi) is 9.57. The number of hydrogen-bond acceptors (Lipinski definition) is 6.